The van der Waals surface area contributed by atoms with Crippen molar-refractivity contribution < 1.29 is 4.74 Å². The maximum absolute atomic E-state index is 5.62. The lowest BCUT2D eigenvalue weighted by Gasteiger charge is -2.35. The number of likely N-dealkylation sites (tertiary alicyclic amines) is 1. The minimum Gasteiger partial charge on any atom is -0.492 e. The van der Waals surface area contributed by atoms with Crippen LogP contribution in [0.3, 0.4) is 0 Å². The summed E-state index contributed by atoms with van der Waals surface area (Å²) in [4.78, 5) is 2.43. The van der Waals surface area contributed by atoms with Crippen LogP contribution in [0.2, 0.25) is 0 Å². The number of ether oxygens (including phenoxy) is 1. The molecule has 1 saturated heterocycles. The van der Waals surface area contributed by atoms with Crippen LogP contribution in [-0.4, -0.2) is 37.2 Å². The van der Waals surface area contributed by atoms with E-state index in [-0.39, 0.29) is 0 Å². The van der Waals surface area contributed by atoms with E-state index < -0.39 is 0 Å². The van der Waals surface area contributed by atoms with Gasteiger partial charge >= 0.3 is 0 Å². The fourth-order valence-corrected chi connectivity index (χ4v) is 4.24. The first-order chi connectivity index (χ1) is 10.0. The second kappa shape index (κ2) is 7.95. The summed E-state index contributed by atoms with van der Waals surface area (Å²) in [5.41, 5.74) is 1.27. The van der Waals surface area contributed by atoms with Gasteiger partial charge in [0.05, 0.1) is 15.6 Å². The smallest absolute Gasteiger partial charge is 0.147 e. The molecular weight excluding hydrogens is 396 g/mol. The number of benzene rings is 1. The van der Waals surface area contributed by atoms with E-state index in [4.69, 9.17) is 4.74 Å². The molecule has 2 atom stereocenters. The number of rotatable bonds is 5. The van der Waals surface area contributed by atoms with E-state index in [0.717, 1.165) is 21.2 Å². The van der Waals surface area contributed by atoms with Gasteiger partial charge in [-0.1, -0.05) is 0 Å². The molecule has 1 aromatic carbocycles. The fraction of sp³-hybridized carbons (Fsp3) is 0.625. The van der Waals surface area contributed by atoms with Gasteiger partial charge in [-0.3, -0.25) is 0 Å². The Morgan fingerprint density at radius 3 is 2.57 bits per heavy atom. The van der Waals surface area contributed by atoms with E-state index in [1.54, 1.807) is 0 Å². The third-order valence-corrected chi connectivity index (χ3v) is 5.33. The van der Waals surface area contributed by atoms with Crippen molar-refractivity contribution >= 4 is 31.9 Å². The maximum Gasteiger partial charge on any atom is 0.147 e. The molecule has 1 fully saturated rings. The molecule has 3 nitrogen and oxygen atoms in total. The van der Waals surface area contributed by atoms with Crippen molar-refractivity contribution in [2.75, 3.05) is 20.2 Å². The van der Waals surface area contributed by atoms with E-state index in [9.17, 15) is 0 Å². The van der Waals surface area contributed by atoms with Crippen LogP contribution in [0.15, 0.2) is 21.1 Å². The van der Waals surface area contributed by atoms with Gasteiger partial charge in [-0.2, -0.15) is 0 Å². The number of nitrogens with one attached hydrogen (secondary N) is 1. The summed E-state index contributed by atoms with van der Waals surface area (Å²) in [6.07, 6.45) is 2.44. The fourth-order valence-electron chi connectivity index (χ4n) is 2.73. The summed E-state index contributed by atoms with van der Waals surface area (Å²) >= 11 is 7.19. The average molecular weight is 420 g/mol. The third kappa shape index (κ3) is 4.68. The van der Waals surface area contributed by atoms with Gasteiger partial charge in [-0.15, -0.1) is 0 Å². The van der Waals surface area contributed by atoms with Crippen molar-refractivity contribution in [3.05, 3.63) is 26.6 Å². The molecule has 5 heteroatoms. The van der Waals surface area contributed by atoms with E-state index >= 15 is 0 Å². The first-order valence-corrected chi connectivity index (χ1v) is 9.14. The summed E-state index contributed by atoms with van der Waals surface area (Å²) in [7, 11) is 2.21. The summed E-state index contributed by atoms with van der Waals surface area (Å²) in [5, 5.41) is 3.69. The van der Waals surface area contributed by atoms with Gasteiger partial charge < -0.3 is 15.0 Å². The first kappa shape index (κ1) is 17.3. The molecule has 1 aliphatic rings. The zero-order chi connectivity index (χ0) is 15.4. The zero-order valence-electron chi connectivity index (χ0n) is 13.0. The van der Waals surface area contributed by atoms with Crippen LogP contribution in [0, 0.1) is 0 Å². The van der Waals surface area contributed by atoms with Crippen molar-refractivity contribution in [1.29, 1.82) is 0 Å². The number of hydrogen-bond acceptors (Lipinski definition) is 3. The molecule has 0 bridgehead atoms. The van der Waals surface area contributed by atoms with Gasteiger partial charge in [0, 0.05) is 18.6 Å². The van der Waals surface area contributed by atoms with Gasteiger partial charge in [-0.05, 0) is 89.8 Å². The lowest BCUT2D eigenvalue weighted by Crippen LogP contribution is -2.45. The molecule has 0 amide bonds. The largest absolute Gasteiger partial charge is 0.492 e. The predicted octanol–water partition coefficient (Wildman–Crippen LogP) is 4.18. The molecular formula is C16H24Br2N2O. The number of piperidine rings is 1. The molecule has 21 heavy (non-hydrogen) atoms. The Morgan fingerprint density at radius 2 is 2.00 bits per heavy atom. The molecule has 1 N–H and O–H groups in total. The highest BCUT2D eigenvalue weighted by Crippen LogP contribution is 2.34. The van der Waals surface area contributed by atoms with Crippen molar-refractivity contribution in [3.8, 4) is 5.75 Å². The molecule has 0 spiro atoms. The van der Waals surface area contributed by atoms with Crippen LogP contribution in [0.1, 0.15) is 32.3 Å². The molecule has 118 valence electrons. The van der Waals surface area contributed by atoms with E-state index in [2.05, 4.69) is 68.2 Å². The molecule has 0 saturated carbocycles. The predicted molar refractivity (Wildman–Crippen MR) is 95.0 cm³/mol. The Hall–Kier alpha value is -0.100. The number of hydrogen-bond donors (Lipinski definition) is 1. The van der Waals surface area contributed by atoms with Crippen molar-refractivity contribution in [3.63, 3.8) is 0 Å². The highest BCUT2D eigenvalue weighted by atomic mass is 79.9. The molecule has 2 rings (SSSR count). The SMILES string of the molecule is CCOc1c(Br)cc(CNC2CCN(C)C(C)C2)cc1Br. The van der Waals surface area contributed by atoms with Gasteiger partial charge in [0.1, 0.15) is 5.75 Å². The maximum atomic E-state index is 5.62. The number of halogens is 2. The topological polar surface area (TPSA) is 24.5 Å². The molecule has 1 aliphatic heterocycles. The zero-order valence-corrected chi connectivity index (χ0v) is 16.1. The quantitative estimate of drug-likeness (QED) is 0.774. The van der Waals surface area contributed by atoms with Gasteiger partial charge in [0.25, 0.3) is 0 Å². The Morgan fingerprint density at radius 1 is 1.33 bits per heavy atom. The molecule has 1 aromatic rings. The van der Waals surface area contributed by atoms with Crippen LogP contribution in [0.4, 0.5) is 0 Å². The Bertz CT molecular complexity index is 458. The van der Waals surface area contributed by atoms with Crippen LogP contribution in [-0.2, 0) is 6.54 Å². The van der Waals surface area contributed by atoms with E-state index in [1.807, 2.05) is 6.92 Å². The normalized spacial score (nSPS) is 23.3. The lowest BCUT2D eigenvalue weighted by molar-refractivity contribution is 0.168. The van der Waals surface area contributed by atoms with Crippen LogP contribution < -0.4 is 10.1 Å². The summed E-state index contributed by atoms with van der Waals surface area (Å²) in [6, 6.07) is 5.55. The van der Waals surface area contributed by atoms with Crippen LogP contribution >= 0.6 is 31.9 Å². The number of nitrogens with zero attached hydrogens (tertiary/aromatic N) is 1. The van der Waals surface area contributed by atoms with Crippen LogP contribution in [0.25, 0.3) is 0 Å². The Balaban J connectivity index is 1.94. The Labute approximate surface area is 144 Å². The molecule has 0 aliphatic carbocycles. The molecule has 1 heterocycles. The van der Waals surface area contributed by atoms with Crippen molar-refractivity contribution in [2.24, 2.45) is 0 Å². The summed E-state index contributed by atoms with van der Waals surface area (Å²) in [5.74, 6) is 0.883. The molecule has 0 aromatic heterocycles. The van der Waals surface area contributed by atoms with Gasteiger partial charge in [-0.25, -0.2) is 0 Å². The van der Waals surface area contributed by atoms with Crippen molar-refractivity contribution in [2.45, 2.75) is 45.3 Å². The molecule has 0 radical (unpaired) electrons. The highest BCUT2D eigenvalue weighted by Gasteiger charge is 2.22. The van der Waals surface area contributed by atoms with Crippen molar-refractivity contribution in [1.82, 2.24) is 10.2 Å². The Kier molecular flexibility index (Phi) is 6.53. The standard InChI is InChI=1S/C16H24Br2N2O/c1-4-21-16-14(17)8-12(9-15(16)18)10-19-13-5-6-20(3)11(2)7-13/h8-9,11,13,19H,4-7,10H2,1-3H3. The minimum atomic E-state index is 0.611. The van der Waals surface area contributed by atoms with Gasteiger partial charge in [0.15, 0.2) is 0 Å². The first-order valence-electron chi connectivity index (χ1n) is 7.55. The van der Waals surface area contributed by atoms with E-state index in [0.29, 0.717) is 18.7 Å². The minimum absolute atomic E-state index is 0.611. The second-order valence-electron chi connectivity index (χ2n) is 5.75. The summed E-state index contributed by atoms with van der Waals surface area (Å²) in [6.45, 7) is 7.04. The monoisotopic (exact) mass is 418 g/mol. The summed E-state index contributed by atoms with van der Waals surface area (Å²) < 4.78 is 7.64. The third-order valence-electron chi connectivity index (χ3n) is 4.15. The highest BCUT2D eigenvalue weighted by molar-refractivity contribution is 9.11. The van der Waals surface area contributed by atoms with Crippen LogP contribution in [0.5, 0.6) is 5.75 Å². The molecule has 2 unspecified atom stereocenters. The van der Waals surface area contributed by atoms with E-state index in [1.165, 1.54) is 24.9 Å². The average Bonchev–Trinajstić information content (AvgIpc) is 2.44. The lowest BCUT2D eigenvalue weighted by atomic mass is 9.99. The second-order valence-corrected chi connectivity index (χ2v) is 7.46. The van der Waals surface area contributed by atoms with Gasteiger partial charge in [0.2, 0.25) is 0 Å².